The monoisotopic (exact) mass is 321 g/mol. The van der Waals surface area contributed by atoms with Gasteiger partial charge >= 0.3 is 0 Å². The van der Waals surface area contributed by atoms with Gasteiger partial charge in [-0.15, -0.1) is 0 Å². The molecule has 1 heterocycles. The van der Waals surface area contributed by atoms with Crippen LogP contribution in [0.2, 0.25) is 0 Å². The minimum atomic E-state index is -2.22. The van der Waals surface area contributed by atoms with Crippen molar-refractivity contribution >= 4 is 33.8 Å². The van der Waals surface area contributed by atoms with Gasteiger partial charge in [-0.3, -0.25) is 13.7 Å². The maximum atomic E-state index is 11.0. The molecule has 0 aromatic carbocycles. The van der Waals surface area contributed by atoms with Crippen molar-refractivity contribution in [2.75, 3.05) is 39.3 Å². The fourth-order valence-electron chi connectivity index (χ4n) is 1.47. The molecule has 0 bridgehead atoms. The Balaban J connectivity index is 2.77. The highest BCUT2D eigenvalue weighted by Crippen LogP contribution is 2.04. The molecule has 1 saturated heterocycles. The van der Waals surface area contributed by atoms with Crippen LogP contribution in [0, 0.1) is 0 Å². The van der Waals surface area contributed by atoms with E-state index in [0.29, 0.717) is 0 Å². The van der Waals surface area contributed by atoms with E-state index in [0.717, 1.165) is 12.9 Å². The first kappa shape index (κ1) is 16.3. The van der Waals surface area contributed by atoms with Crippen molar-refractivity contribution in [3.8, 4) is 0 Å². The lowest BCUT2D eigenvalue weighted by atomic mass is 10.5. The minimum Gasteiger partial charge on any atom is -0.294 e. The Morgan fingerprint density at radius 2 is 0.722 bits per heavy atom. The van der Waals surface area contributed by atoms with Crippen molar-refractivity contribution < 1.29 is 26.3 Å². The maximum Gasteiger partial charge on any atom is 0.234 e. The van der Waals surface area contributed by atoms with Gasteiger partial charge < -0.3 is 0 Å². The van der Waals surface area contributed by atoms with Crippen LogP contribution in [0.15, 0.2) is 0 Å². The molecule has 0 spiro atoms. The first-order valence-electron chi connectivity index (χ1n) is 4.99. The smallest absolute Gasteiger partial charge is 0.234 e. The van der Waals surface area contributed by atoms with Crippen LogP contribution in [0.5, 0.6) is 0 Å². The van der Waals surface area contributed by atoms with Crippen molar-refractivity contribution in [2.24, 2.45) is 0 Å². The molecule has 18 heavy (non-hydrogen) atoms. The third-order valence-corrected chi connectivity index (χ3v) is 4.88. The van der Waals surface area contributed by atoms with E-state index in [9.17, 15) is 12.6 Å². The van der Waals surface area contributed by atoms with E-state index < -0.39 is 33.8 Å². The van der Waals surface area contributed by atoms with Gasteiger partial charge in [0.15, 0.2) is 0 Å². The molecule has 0 radical (unpaired) electrons. The summed E-state index contributed by atoms with van der Waals surface area (Å²) in [7, 11) is 0. The Bertz CT molecular complexity index is 291. The normalized spacial score (nSPS) is 26.8. The summed E-state index contributed by atoms with van der Waals surface area (Å²) in [5, 5.41) is 0. The zero-order valence-electron chi connectivity index (χ0n) is 9.38. The van der Waals surface area contributed by atoms with Crippen molar-refractivity contribution in [2.45, 2.75) is 0 Å². The van der Waals surface area contributed by atoms with Crippen LogP contribution < -0.4 is 0 Å². The Morgan fingerprint density at radius 3 is 0.833 bits per heavy atom. The lowest BCUT2D eigenvalue weighted by Crippen LogP contribution is -2.37. The van der Waals surface area contributed by atoms with Gasteiger partial charge in [-0.2, -0.15) is 12.9 Å². The van der Waals surface area contributed by atoms with Crippen LogP contribution in [0.25, 0.3) is 0 Å². The fraction of sp³-hybridized carbons (Fsp3) is 1.00. The second kappa shape index (κ2) is 7.72. The summed E-state index contributed by atoms with van der Waals surface area (Å²) in [6.45, 7) is 0.758. The molecule has 1 aliphatic heterocycles. The zero-order chi connectivity index (χ0) is 13.7. The topological polar surface area (TPSA) is 122 Å². The van der Waals surface area contributed by atoms with Crippen molar-refractivity contribution in [3.05, 3.63) is 0 Å². The molecular formula is C6H15N3O6S3. The summed E-state index contributed by atoms with van der Waals surface area (Å²) in [5.41, 5.74) is 0. The van der Waals surface area contributed by atoms with Crippen LogP contribution in [0.4, 0.5) is 0 Å². The third kappa shape index (κ3) is 5.07. The molecule has 12 heteroatoms. The number of nitrogens with zero attached hydrogens (tertiary/aromatic N) is 3. The highest BCUT2D eigenvalue weighted by molar-refractivity contribution is 7.77. The number of rotatable bonds is 3. The van der Waals surface area contributed by atoms with E-state index in [-0.39, 0.29) is 39.3 Å². The summed E-state index contributed by atoms with van der Waals surface area (Å²) >= 11 is -6.65. The first-order chi connectivity index (χ1) is 8.41. The fourth-order valence-corrected chi connectivity index (χ4v) is 2.90. The molecule has 0 aromatic rings. The molecule has 3 atom stereocenters. The first-order valence-corrected chi connectivity index (χ1v) is 8.18. The largest absolute Gasteiger partial charge is 0.294 e. The van der Waals surface area contributed by atoms with E-state index in [1.54, 1.807) is 0 Å². The van der Waals surface area contributed by atoms with Gasteiger partial charge in [-0.05, 0) is 0 Å². The minimum absolute atomic E-state index is 0.126. The van der Waals surface area contributed by atoms with Gasteiger partial charge in [-0.25, -0.2) is 12.6 Å². The van der Waals surface area contributed by atoms with Crippen LogP contribution >= 0.6 is 0 Å². The molecule has 3 unspecified atom stereocenters. The van der Waals surface area contributed by atoms with Crippen LogP contribution in [0.3, 0.4) is 0 Å². The lowest BCUT2D eigenvalue weighted by Gasteiger charge is -2.19. The Kier molecular flexibility index (Phi) is 6.97. The maximum absolute atomic E-state index is 11.0. The van der Waals surface area contributed by atoms with E-state index >= 15 is 0 Å². The second-order valence-electron chi connectivity index (χ2n) is 3.48. The molecule has 0 aromatic heterocycles. The highest BCUT2D eigenvalue weighted by Gasteiger charge is 2.23. The molecule has 0 aliphatic carbocycles. The quantitative estimate of drug-likeness (QED) is 0.534. The van der Waals surface area contributed by atoms with Gasteiger partial charge in [0.1, 0.15) is 0 Å². The summed E-state index contributed by atoms with van der Waals surface area (Å²) < 4.78 is 63.6. The molecule has 9 nitrogen and oxygen atoms in total. The molecule has 1 rings (SSSR count). The van der Waals surface area contributed by atoms with Gasteiger partial charge in [0.2, 0.25) is 33.8 Å². The standard InChI is InChI=1S/C6H15N3O6S3/c10-16(11)7-1-2-8(17(12)13)5-6-9(4-3-7)18(14)15/h1-6H2,(H,10,11)(H,12,13)(H,14,15). The molecule has 1 fully saturated rings. The summed E-state index contributed by atoms with van der Waals surface area (Å²) in [5.74, 6) is 0. The molecule has 1 aliphatic rings. The SMILES string of the molecule is O=S(O)N1CCN(S(=O)O)CCN(S(=O)O)CC1. The number of hydrogen-bond donors (Lipinski definition) is 3. The summed E-state index contributed by atoms with van der Waals surface area (Å²) in [6, 6.07) is 0. The summed E-state index contributed by atoms with van der Waals surface area (Å²) in [6.07, 6.45) is 0. The van der Waals surface area contributed by atoms with Crippen LogP contribution in [0.1, 0.15) is 0 Å². The average Bonchev–Trinajstić information content (AvgIpc) is 2.37. The predicted octanol–water partition coefficient (Wildman–Crippen LogP) is -1.68. The zero-order valence-corrected chi connectivity index (χ0v) is 11.8. The Hall–Kier alpha value is 0.210. The van der Waals surface area contributed by atoms with Crippen molar-refractivity contribution in [1.82, 2.24) is 12.9 Å². The lowest BCUT2D eigenvalue weighted by molar-refractivity contribution is 0.353. The molecule has 3 N–H and O–H groups in total. The predicted molar refractivity (Wildman–Crippen MR) is 67.0 cm³/mol. The Labute approximate surface area is 112 Å². The Morgan fingerprint density at radius 1 is 0.556 bits per heavy atom. The summed E-state index contributed by atoms with van der Waals surface area (Å²) in [4.78, 5) is 0. The van der Waals surface area contributed by atoms with Crippen LogP contribution in [-0.4, -0.2) is 78.5 Å². The van der Waals surface area contributed by atoms with Gasteiger partial charge in [0.25, 0.3) is 0 Å². The molecular weight excluding hydrogens is 306 g/mol. The highest BCUT2D eigenvalue weighted by atomic mass is 32.2. The third-order valence-electron chi connectivity index (χ3n) is 2.46. The molecule has 0 amide bonds. The van der Waals surface area contributed by atoms with E-state index in [1.807, 2.05) is 0 Å². The molecule has 108 valence electrons. The van der Waals surface area contributed by atoms with E-state index in [4.69, 9.17) is 13.7 Å². The second-order valence-corrected chi connectivity index (χ2v) is 6.41. The average molecular weight is 321 g/mol. The van der Waals surface area contributed by atoms with Gasteiger partial charge in [0, 0.05) is 39.3 Å². The van der Waals surface area contributed by atoms with Gasteiger partial charge in [-0.1, -0.05) is 0 Å². The van der Waals surface area contributed by atoms with E-state index in [2.05, 4.69) is 0 Å². The van der Waals surface area contributed by atoms with Crippen molar-refractivity contribution in [3.63, 3.8) is 0 Å². The van der Waals surface area contributed by atoms with E-state index in [1.165, 1.54) is 0 Å². The molecule has 0 saturated carbocycles. The van der Waals surface area contributed by atoms with Gasteiger partial charge in [0.05, 0.1) is 0 Å². The van der Waals surface area contributed by atoms with Crippen LogP contribution in [-0.2, 0) is 33.8 Å². The number of hydrogen-bond acceptors (Lipinski definition) is 3. The van der Waals surface area contributed by atoms with Crippen molar-refractivity contribution in [1.29, 1.82) is 0 Å².